The fraction of sp³-hybridized carbons (Fsp3) is 0.286. The SMILES string of the molecule is CC(=O)O[C@H](CCC=Cc1ccc(O)cc1)CCc1ccc(O)c(O)c1. The smallest absolute Gasteiger partial charge is 0.302 e. The quantitative estimate of drug-likeness (QED) is 0.488. The Balaban J connectivity index is 1.86. The van der Waals surface area contributed by atoms with Gasteiger partial charge in [0, 0.05) is 6.92 Å². The fourth-order valence-electron chi connectivity index (χ4n) is 2.64. The molecule has 0 aliphatic heterocycles. The first-order chi connectivity index (χ1) is 12.4. The molecule has 0 spiro atoms. The number of aryl methyl sites for hydroxylation is 1. The summed E-state index contributed by atoms with van der Waals surface area (Å²) in [6.45, 7) is 1.39. The number of carbonyl (C=O) groups excluding carboxylic acids is 1. The number of carbonyl (C=O) groups is 1. The molecule has 1 atom stereocenters. The van der Waals surface area contributed by atoms with Gasteiger partial charge in [0.25, 0.3) is 0 Å². The average Bonchev–Trinajstić information content (AvgIpc) is 2.60. The summed E-state index contributed by atoms with van der Waals surface area (Å²) < 4.78 is 5.38. The molecule has 3 N–H and O–H groups in total. The number of benzene rings is 2. The van der Waals surface area contributed by atoms with Crippen LogP contribution in [0.1, 0.15) is 37.3 Å². The lowest BCUT2D eigenvalue weighted by Gasteiger charge is -2.16. The van der Waals surface area contributed by atoms with E-state index in [-0.39, 0.29) is 29.3 Å². The van der Waals surface area contributed by atoms with Crippen LogP contribution in [0.15, 0.2) is 48.5 Å². The van der Waals surface area contributed by atoms with E-state index in [0.717, 1.165) is 17.5 Å². The highest BCUT2D eigenvalue weighted by molar-refractivity contribution is 5.66. The summed E-state index contributed by atoms with van der Waals surface area (Å²) in [5.74, 6) is -0.378. The summed E-state index contributed by atoms with van der Waals surface area (Å²) >= 11 is 0. The van der Waals surface area contributed by atoms with E-state index in [2.05, 4.69) is 0 Å². The maximum atomic E-state index is 11.3. The van der Waals surface area contributed by atoms with Crippen LogP contribution in [0.3, 0.4) is 0 Å². The highest BCUT2D eigenvalue weighted by Gasteiger charge is 2.12. The van der Waals surface area contributed by atoms with E-state index in [0.29, 0.717) is 19.3 Å². The zero-order valence-corrected chi connectivity index (χ0v) is 14.8. The molecular formula is C21H24O5. The summed E-state index contributed by atoms with van der Waals surface area (Å²) in [4.78, 5) is 11.3. The maximum Gasteiger partial charge on any atom is 0.302 e. The summed E-state index contributed by atoms with van der Waals surface area (Å²) in [6.07, 6.45) is 6.47. The zero-order chi connectivity index (χ0) is 18.9. The van der Waals surface area contributed by atoms with Gasteiger partial charge in [0.2, 0.25) is 0 Å². The largest absolute Gasteiger partial charge is 0.508 e. The van der Waals surface area contributed by atoms with Crippen LogP contribution in [-0.2, 0) is 16.0 Å². The monoisotopic (exact) mass is 356 g/mol. The van der Waals surface area contributed by atoms with Gasteiger partial charge in [-0.05, 0) is 61.1 Å². The van der Waals surface area contributed by atoms with Gasteiger partial charge < -0.3 is 20.1 Å². The van der Waals surface area contributed by atoms with Crippen LogP contribution in [0, 0.1) is 0 Å². The van der Waals surface area contributed by atoms with Crippen LogP contribution in [0.2, 0.25) is 0 Å². The van der Waals surface area contributed by atoms with Crippen LogP contribution in [-0.4, -0.2) is 27.4 Å². The second kappa shape index (κ2) is 9.51. The van der Waals surface area contributed by atoms with Crippen LogP contribution in [0.25, 0.3) is 6.08 Å². The molecule has 0 aliphatic rings. The minimum Gasteiger partial charge on any atom is -0.508 e. The molecule has 0 amide bonds. The Hall–Kier alpha value is -2.95. The third kappa shape index (κ3) is 6.51. The van der Waals surface area contributed by atoms with Crippen molar-refractivity contribution in [2.24, 2.45) is 0 Å². The second-order valence-corrected chi connectivity index (χ2v) is 6.16. The third-order valence-corrected chi connectivity index (χ3v) is 3.99. The number of hydrogen-bond donors (Lipinski definition) is 3. The number of phenols is 3. The van der Waals surface area contributed by atoms with Crippen LogP contribution in [0.4, 0.5) is 0 Å². The van der Waals surface area contributed by atoms with Crippen molar-refractivity contribution in [1.29, 1.82) is 0 Å². The van der Waals surface area contributed by atoms with Gasteiger partial charge in [-0.3, -0.25) is 4.79 Å². The molecule has 0 bridgehead atoms. The van der Waals surface area contributed by atoms with Crippen molar-refractivity contribution in [3.05, 3.63) is 59.7 Å². The molecule has 0 heterocycles. The molecule has 0 radical (unpaired) electrons. The lowest BCUT2D eigenvalue weighted by Crippen LogP contribution is -2.17. The number of allylic oxidation sites excluding steroid dienone is 1. The van der Waals surface area contributed by atoms with E-state index in [1.54, 1.807) is 18.2 Å². The Bertz CT molecular complexity index is 749. The summed E-state index contributed by atoms with van der Waals surface area (Å²) in [7, 11) is 0. The van der Waals surface area contributed by atoms with E-state index >= 15 is 0 Å². The minimum absolute atomic E-state index is 0.148. The van der Waals surface area contributed by atoms with Gasteiger partial charge in [0.15, 0.2) is 11.5 Å². The lowest BCUT2D eigenvalue weighted by molar-refractivity contribution is -0.146. The number of rotatable bonds is 8. The molecule has 0 saturated carbocycles. The fourth-order valence-corrected chi connectivity index (χ4v) is 2.64. The maximum absolute atomic E-state index is 11.3. The zero-order valence-electron chi connectivity index (χ0n) is 14.8. The lowest BCUT2D eigenvalue weighted by atomic mass is 10.0. The number of esters is 1. The Morgan fingerprint density at radius 1 is 1.04 bits per heavy atom. The van der Waals surface area contributed by atoms with Gasteiger partial charge >= 0.3 is 5.97 Å². The molecule has 2 aromatic rings. The third-order valence-electron chi connectivity index (χ3n) is 3.99. The van der Waals surface area contributed by atoms with Crippen LogP contribution >= 0.6 is 0 Å². The van der Waals surface area contributed by atoms with Gasteiger partial charge in [0.1, 0.15) is 11.9 Å². The number of phenolic OH excluding ortho intramolecular Hbond substituents is 3. The molecular weight excluding hydrogens is 332 g/mol. The Kier molecular flexibility index (Phi) is 7.09. The van der Waals surface area contributed by atoms with Crippen molar-refractivity contribution in [3.63, 3.8) is 0 Å². The minimum atomic E-state index is -0.314. The van der Waals surface area contributed by atoms with Crippen LogP contribution < -0.4 is 0 Å². The number of hydrogen-bond acceptors (Lipinski definition) is 5. The van der Waals surface area contributed by atoms with Gasteiger partial charge in [-0.15, -0.1) is 0 Å². The summed E-state index contributed by atoms with van der Waals surface area (Å²) in [5.41, 5.74) is 1.86. The Morgan fingerprint density at radius 2 is 1.77 bits per heavy atom. The molecule has 0 aromatic heterocycles. The van der Waals surface area contributed by atoms with Crippen molar-refractivity contribution >= 4 is 12.0 Å². The van der Waals surface area contributed by atoms with Crippen molar-refractivity contribution in [3.8, 4) is 17.2 Å². The van der Waals surface area contributed by atoms with Gasteiger partial charge in [-0.1, -0.05) is 30.4 Å². The molecule has 26 heavy (non-hydrogen) atoms. The van der Waals surface area contributed by atoms with Gasteiger partial charge in [0.05, 0.1) is 0 Å². The van der Waals surface area contributed by atoms with E-state index in [4.69, 9.17) is 4.74 Å². The molecule has 138 valence electrons. The average molecular weight is 356 g/mol. The van der Waals surface area contributed by atoms with Crippen molar-refractivity contribution < 1.29 is 24.9 Å². The van der Waals surface area contributed by atoms with Gasteiger partial charge in [-0.25, -0.2) is 0 Å². The first kappa shape index (κ1) is 19.4. The molecule has 0 unspecified atom stereocenters. The summed E-state index contributed by atoms with van der Waals surface area (Å²) in [5, 5.41) is 28.2. The van der Waals surface area contributed by atoms with E-state index < -0.39 is 0 Å². The normalized spacial score (nSPS) is 12.2. The number of aromatic hydroxyl groups is 3. The Morgan fingerprint density at radius 3 is 2.42 bits per heavy atom. The van der Waals surface area contributed by atoms with Crippen molar-refractivity contribution in [1.82, 2.24) is 0 Å². The Labute approximate surface area is 153 Å². The second-order valence-electron chi connectivity index (χ2n) is 6.16. The highest BCUT2D eigenvalue weighted by atomic mass is 16.5. The predicted octanol–water partition coefficient (Wildman–Crippen LogP) is 4.16. The van der Waals surface area contributed by atoms with E-state index in [1.165, 1.54) is 19.1 Å². The molecule has 0 aliphatic carbocycles. The molecule has 2 rings (SSSR count). The highest BCUT2D eigenvalue weighted by Crippen LogP contribution is 2.26. The first-order valence-corrected chi connectivity index (χ1v) is 8.57. The predicted molar refractivity (Wildman–Crippen MR) is 100 cm³/mol. The van der Waals surface area contributed by atoms with Crippen LogP contribution in [0.5, 0.6) is 17.2 Å². The topological polar surface area (TPSA) is 87.0 Å². The molecule has 0 saturated heterocycles. The first-order valence-electron chi connectivity index (χ1n) is 8.57. The van der Waals surface area contributed by atoms with E-state index in [9.17, 15) is 20.1 Å². The van der Waals surface area contributed by atoms with Crippen molar-refractivity contribution in [2.45, 2.75) is 38.7 Å². The van der Waals surface area contributed by atoms with E-state index in [1.807, 2.05) is 24.3 Å². The molecule has 0 fully saturated rings. The van der Waals surface area contributed by atoms with Gasteiger partial charge in [-0.2, -0.15) is 0 Å². The molecule has 5 heteroatoms. The number of ether oxygens (including phenoxy) is 1. The summed E-state index contributed by atoms with van der Waals surface area (Å²) in [6, 6.07) is 11.6. The molecule has 2 aromatic carbocycles. The standard InChI is InChI=1S/C21H24O5/c1-15(22)26-19(12-8-17-9-13-20(24)21(25)14-17)5-3-2-4-16-6-10-18(23)11-7-16/h2,4,6-7,9-11,13-14,19,23-25H,3,5,8,12H2,1H3/t19-/m1/s1. The van der Waals surface area contributed by atoms with Crippen molar-refractivity contribution in [2.75, 3.05) is 0 Å². The molecule has 5 nitrogen and oxygen atoms in total.